The fraction of sp³-hybridized carbons (Fsp3) is 0.444. The third-order valence-electron chi connectivity index (χ3n) is 3.96. The van der Waals surface area contributed by atoms with E-state index in [4.69, 9.17) is 10.00 Å². The largest absolute Gasteiger partial charge is 0.453 e. The summed E-state index contributed by atoms with van der Waals surface area (Å²) in [6.07, 6.45) is 2.42. The predicted molar refractivity (Wildman–Crippen MR) is 96.5 cm³/mol. The van der Waals surface area contributed by atoms with Crippen LogP contribution in [0.2, 0.25) is 0 Å². The Kier molecular flexibility index (Phi) is 5.53. The first-order chi connectivity index (χ1) is 11.7. The van der Waals surface area contributed by atoms with Crippen molar-refractivity contribution in [3.05, 3.63) is 40.2 Å². The smallest absolute Gasteiger partial charge is 0.171 e. The van der Waals surface area contributed by atoms with E-state index in [1.165, 1.54) is 10.9 Å². The summed E-state index contributed by atoms with van der Waals surface area (Å²) >= 11 is 0. The minimum Gasteiger partial charge on any atom is -0.453 e. The summed E-state index contributed by atoms with van der Waals surface area (Å²) < 4.78 is 31.0. The van der Waals surface area contributed by atoms with Crippen LogP contribution in [0, 0.1) is 25.2 Å². The third-order valence-corrected chi connectivity index (χ3v) is 4.67. The molecule has 1 aromatic carbocycles. The highest BCUT2D eigenvalue weighted by Gasteiger charge is 2.21. The second-order valence-corrected chi connectivity index (χ2v) is 8.24. The van der Waals surface area contributed by atoms with E-state index in [2.05, 4.69) is 11.2 Å². The first-order valence-corrected chi connectivity index (χ1v) is 10.2. The lowest BCUT2D eigenvalue weighted by atomic mass is 10.1. The molecule has 0 unspecified atom stereocenters. The minimum atomic E-state index is -3.21. The summed E-state index contributed by atoms with van der Waals surface area (Å²) in [5, 5.41) is 13.6. The van der Waals surface area contributed by atoms with E-state index in [1.807, 2.05) is 33.8 Å². The SMILES string of the molecule is CCc1nn(CS(C)(=O)=O)c(CC)c1Oc1cc(C)c(C#N)cc1C. The molecule has 6 nitrogen and oxygen atoms in total. The van der Waals surface area contributed by atoms with Gasteiger partial charge in [-0.25, -0.2) is 8.42 Å². The summed E-state index contributed by atoms with van der Waals surface area (Å²) in [5.74, 6) is 1.10. The van der Waals surface area contributed by atoms with Gasteiger partial charge >= 0.3 is 0 Å². The van der Waals surface area contributed by atoms with Gasteiger partial charge in [-0.15, -0.1) is 0 Å². The number of ether oxygens (including phenoxy) is 1. The second-order valence-electron chi connectivity index (χ2n) is 6.13. The van der Waals surface area contributed by atoms with Gasteiger partial charge in [-0.2, -0.15) is 10.4 Å². The van der Waals surface area contributed by atoms with Gasteiger partial charge in [-0.3, -0.25) is 4.68 Å². The average Bonchev–Trinajstić information content (AvgIpc) is 2.85. The lowest BCUT2D eigenvalue weighted by molar-refractivity contribution is 0.465. The first-order valence-electron chi connectivity index (χ1n) is 8.15. The Balaban J connectivity index is 2.53. The van der Waals surface area contributed by atoms with Crippen LogP contribution >= 0.6 is 0 Å². The summed E-state index contributed by atoms with van der Waals surface area (Å²) in [6, 6.07) is 5.79. The monoisotopic (exact) mass is 361 g/mol. The molecule has 0 radical (unpaired) electrons. The van der Waals surface area contributed by atoms with Crippen LogP contribution in [0.25, 0.3) is 0 Å². The van der Waals surface area contributed by atoms with Crippen molar-refractivity contribution >= 4 is 9.84 Å². The quantitative estimate of drug-likeness (QED) is 0.788. The van der Waals surface area contributed by atoms with Crippen molar-refractivity contribution in [2.75, 3.05) is 6.26 Å². The van der Waals surface area contributed by atoms with Crippen molar-refractivity contribution in [2.45, 2.75) is 46.4 Å². The second kappa shape index (κ2) is 7.28. The molecule has 2 rings (SSSR count). The predicted octanol–water partition coefficient (Wildman–Crippen LogP) is 3.29. The molecule has 0 aliphatic heterocycles. The molecule has 7 heteroatoms. The number of nitriles is 1. The van der Waals surface area contributed by atoms with Crippen molar-refractivity contribution in [3.63, 3.8) is 0 Å². The number of aromatic nitrogens is 2. The van der Waals surface area contributed by atoms with Crippen LogP contribution in [-0.4, -0.2) is 24.5 Å². The van der Waals surface area contributed by atoms with E-state index in [-0.39, 0.29) is 5.88 Å². The van der Waals surface area contributed by atoms with E-state index in [0.29, 0.717) is 29.9 Å². The van der Waals surface area contributed by atoms with Crippen LogP contribution in [-0.2, 0) is 28.6 Å². The average molecular weight is 361 g/mol. The molecule has 0 N–H and O–H groups in total. The van der Waals surface area contributed by atoms with Crippen molar-refractivity contribution in [3.8, 4) is 17.6 Å². The van der Waals surface area contributed by atoms with E-state index in [0.717, 1.165) is 22.5 Å². The molecular weight excluding hydrogens is 338 g/mol. The Morgan fingerprint density at radius 3 is 2.40 bits per heavy atom. The molecule has 0 aliphatic carbocycles. The lowest BCUT2D eigenvalue weighted by Gasteiger charge is -2.12. The van der Waals surface area contributed by atoms with Crippen LogP contribution in [0.4, 0.5) is 0 Å². The number of benzene rings is 1. The summed E-state index contributed by atoms with van der Waals surface area (Å²) in [4.78, 5) is 0. The molecule has 0 spiro atoms. The van der Waals surface area contributed by atoms with Gasteiger partial charge in [0.05, 0.1) is 17.3 Å². The molecule has 0 aliphatic rings. The number of hydrogen-bond donors (Lipinski definition) is 0. The Morgan fingerprint density at radius 2 is 1.88 bits per heavy atom. The molecule has 25 heavy (non-hydrogen) atoms. The highest BCUT2D eigenvalue weighted by Crippen LogP contribution is 2.33. The molecule has 0 fully saturated rings. The maximum Gasteiger partial charge on any atom is 0.171 e. The summed E-state index contributed by atoms with van der Waals surface area (Å²) in [5.41, 5.74) is 3.78. The van der Waals surface area contributed by atoms with Gasteiger partial charge in [0.15, 0.2) is 15.6 Å². The number of rotatable bonds is 6. The normalized spacial score (nSPS) is 11.4. The van der Waals surface area contributed by atoms with Gasteiger partial charge < -0.3 is 4.74 Å². The van der Waals surface area contributed by atoms with Gasteiger partial charge in [0.25, 0.3) is 0 Å². The number of nitrogens with zero attached hydrogens (tertiary/aromatic N) is 3. The van der Waals surface area contributed by atoms with Crippen LogP contribution < -0.4 is 4.74 Å². The number of aryl methyl sites for hydroxylation is 3. The van der Waals surface area contributed by atoms with E-state index in [9.17, 15) is 8.42 Å². The van der Waals surface area contributed by atoms with Crippen molar-refractivity contribution in [1.29, 1.82) is 5.26 Å². The van der Waals surface area contributed by atoms with Crippen molar-refractivity contribution in [2.24, 2.45) is 0 Å². The van der Waals surface area contributed by atoms with Gasteiger partial charge in [-0.05, 0) is 49.9 Å². The van der Waals surface area contributed by atoms with E-state index in [1.54, 1.807) is 6.07 Å². The highest BCUT2D eigenvalue weighted by atomic mass is 32.2. The highest BCUT2D eigenvalue weighted by molar-refractivity contribution is 7.89. The van der Waals surface area contributed by atoms with Crippen LogP contribution in [0.15, 0.2) is 12.1 Å². The number of sulfone groups is 1. The Bertz CT molecular complexity index is 937. The van der Waals surface area contributed by atoms with Crippen LogP contribution in [0.5, 0.6) is 11.5 Å². The standard InChI is InChI=1S/C18H23N3O3S/c1-6-15-18(16(7-2)21(20-15)11-25(5,22)23)24-17-9-12(3)14(10-19)8-13(17)4/h8-9H,6-7,11H2,1-5H3. The maximum absolute atomic E-state index is 11.7. The molecule has 2 aromatic rings. The fourth-order valence-electron chi connectivity index (χ4n) is 2.69. The molecular formula is C18H23N3O3S. The van der Waals surface area contributed by atoms with E-state index >= 15 is 0 Å². The zero-order valence-corrected chi connectivity index (χ0v) is 16.1. The molecule has 134 valence electrons. The van der Waals surface area contributed by atoms with Crippen LogP contribution in [0.1, 0.15) is 41.9 Å². The Hall–Kier alpha value is -2.33. The van der Waals surface area contributed by atoms with Crippen molar-refractivity contribution < 1.29 is 13.2 Å². The Morgan fingerprint density at radius 1 is 1.20 bits per heavy atom. The molecule has 0 amide bonds. The van der Waals surface area contributed by atoms with Gasteiger partial charge in [0.2, 0.25) is 0 Å². The van der Waals surface area contributed by atoms with Crippen molar-refractivity contribution in [1.82, 2.24) is 9.78 Å². The lowest BCUT2D eigenvalue weighted by Crippen LogP contribution is -2.13. The van der Waals surface area contributed by atoms with Gasteiger partial charge in [0, 0.05) is 6.26 Å². The molecule has 0 atom stereocenters. The topological polar surface area (TPSA) is 85.0 Å². The molecule has 1 aromatic heterocycles. The van der Waals surface area contributed by atoms with Crippen LogP contribution in [0.3, 0.4) is 0 Å². The fourth-order valence-corrected chi connectivity index (χ4v) is 3.34. The third kappa shape index (κ3) is 4.20. The summed E-state index contributed by atoms with van der Waals surface area (Å²) in [6.45, 7) is 7.64. The molecule has 0 saturated heterocycles. The van der Waals surface area contributed by atoms with Gasteiger partial charge in [-0.1, -0.05) is 13.8 Å². The molecule has 1 heterocycles. The van der Waals surface area contributed by atoms with Gasteiger partial charge in [0.1, 0.15) is 17.3 Å². The number of hydrogen-bond acceptors (Lipinski definition) is 5. The first kappa shape index (κ1) is 19.0. The zero-order chi connectivity index (χ0) is 18.8. The minimum absolute atomic E-state index is 0.169. The zero-order valence-electron chi connectivity index (χ0n) is 15.3. The van der Waals surface area contributed by atoms with E-state index < -0.39 is 9.84 Å². The summed E-state index contributed by atoms with van der Waals surface area (Å²) in [7, 11) is -3.21. The Labute approximate surface area is 149 Å². The maximum atomic E-state index is 11.7. The molecule has 0 bridgehead atoms. The molecule has 0 saturated carbocycles.